The molecule has 18 nitrogen and oxygen atoms in total. The average molecular weight is 639 g/mol. The van der Waals surface area contributed by atoms with E-state index < -0.39 is 50.3 Å². The Balaban J connectivity index is 1.73. The molecule has 1 aliphatic rings. The standard InChI is InChI=1S/C25H30N6O12S/c1-44(39,40)43-22-12-21(29(14-22)25(34)42-16-18-4-8-20(9-5-18)31(37)38)13-28(11-10-27-23(26)32)24(33)41-15-17-2-6-19(7-3-17)30(35)36/h2-9,21-22H,10-16H2,1H3,(H3,26,27,32)/t21-,22+/m0/s1. The summed E-state index contributed by atoms with van der Waals surface area (Å²) in [6, 6.07) is 8.99. The lowest BCUT2D eigenvalue weighted by Gasteiger charge is -2.29. The Bertz CT molecular complexity index is 1470. The molecule has 1 fully saturated rings. The first-order valence-electron chi connectivity index (χ1n) is 12.9. The van der Waals surface area contributed by atoms with Gasteiger partial charge in [0.05, 0.1) is 34.8 Å². The summed E-state index contributed by atoms with van der Waals surface area (Å²) in [6.45, 7) is -1.06. The van der Waals surface area contributed by atoms with Crippen molar-refractivity contribution in [2.75, 3.05) is 32.4 Å². The zero-order chi connectivity index (χ0) is 32.4. The minimum Gasteiger partial charge on any atom is -0.445 e. The number of carbonyl (C=O) groups excluding carboxylic acids is 3. The lowest BCUT2D eigenvalue weighted by atomic mass is 10.2. The smallest absolute Gasteiger partial charge is 0.410 e. The molecule has 0 saturated carbocycles. The van der Waals surface area contributed by atoms with Gasteiger partial charge < -0.3 is 30.3 Å². The Morgan fingerprint density at radius 1 is 0.977 bits per heavy atom. The van der Waals surface area contributed by atoms with E-state index in [0.717, 1.165) is 6.26 Å². The number of hydrogen-bond acceptors (Lipinski definition) is 12. The third-order valence-electron chi connectivity index (χ3n) is 6.31. The van der Waals surface area contributed by atoms with Crippen LogP contribution < -0.4 is 11.1 Å². The van der Waals surface area contributed by atoms with Crippen LogP contribution in [0.3, 0.4) is 0 Å². The van der Waals surface area contributed by atoms with Crippen LogP contribution in [0.4, 0.5) is 25.8 Å². The van der Waals surface area contributed by atoms with Gasteiger partial charge in [0.15, 0.2) is 0 Å². The molecule has 238 valence electrons. The summed E-state index contributed by atoms with van der Waals surface area (Å²) in [7, 11) is -3.91. The topological polar surface area (TPSA) is 244 Å². The Kier molecular flexibility index (Phi) is 11.3. The molecule has 1 heterocycles. The molecule has 3 N–H and O–H groups in total. The minimum absolute atomic E-state index is 0.00488. The molecule has 0 aromatic heterocycles. The second kappa shape index (κ2) is 14.9. The summed E-state index contributed by atoms with van der Waals surface area (Å²) in [4.78, 5) is 60.3. The van der Waals surface area contributed by atoms with Crippen LogP contribution >= 0.6 is 0 Å². The van der Waals surface area contributed by atoms with E-state index in [1.165, 1.54) is 58.3 Å². The van der Waals surface area contributed by atoms with Gasteiger partial charge in [0.2, 0.25) is 0 Å². The lowest BCUT2D eigenvalue weighted by molar-refractivity contribution is -0.385. The zero-order valence-corrected chi connectivity index (χ0v) is 24.2. The van der Waals surface area contributed by atoms with Crippen molar-refractivity contribution in [3.63, 3.8) is 0 Å². The molecule has 19 heteroatoms. The van der Waals surface area contributed by atoms with Gasteiger partial charge >= 0.3 is 18.2 Å². The van der Waals surface area contributed by atoms with E-state index in [9.17, 15) is 43.0 Å². The van der Waals surface area contributed by atoms with Crippen molar-refractivity contribution < 1.29 is 46.3 Å². The summed E-state index contributed by atoms with van der Waals surface area (Å²) in [5, 5.41) is 24.1. The number of primary amides is 1. The highest BCUT2D eigenvalue weighted by Gasteiger charge is 2.40. The van der Waals surface area contributed by atoms with E-state index in [0.29, 0.717) is 11.1 Å². The quantitative estimate of drug-likeness (QED) is 0.181. The minimum atomic E-state index is -3.91. The number of nitro benzene ring substituents is 2. The molecule has 1 saturated heterocycles. The predicted molar refractivity (Wildman–Crippen MR) is 151 cm³/mol. The molecule has 4 amide bonds. The lowest BCUT2D eigenvalue weighted by Crippen LogP contribution is -2.48. The van der Waals surface area contributed by atoms with Crippen LogP contribution in [0, 0.1) is 20.2 Å². The number of non-ortho nitro benzene ring substituents is 2. The highest BCUT2D eigenvalue weighted by Crippen LogP contribution is 2.25. The van der Waals surface area contributed by atoms with E-state index >= 15 is 0 Å². The van der Waals surface area contributed by atoms with Crippen molar-refractivity contribution in [3.05, 3.63) is 79.9 Å². The van der Waals surface area contributed by atoms with Crippen molar-refractivity contribution in [1.29, 1.82) is 0 Å². The van der Waals surface area contributed by atoms with Crippen LogP contribution in [0.2, 0.25) is 0 Å². The molecule has 0 bridgehead atoms. The van der Waals surface area contributed by atoms with Crippen LogP contribution in [-0.4, -0.2) is 90.9 Å². The van der Waals surface area contributed by atoms with Gasteiger partial charge in [-0.2, -0.15) is 8.42 Å². The number of hydrogen-bond donors (Lipinski definition) is 2. The Morgan fingerprint density at radius 2 is 1.50 bits per heavy atom. The number of nitro groups is 2. The summed E-state index contributed by atoms with van der Waals surface area (Å²) in [5.41, 5.74) is 5.74. The number of nitrogens with one attached hydrogen (secondary N) is 1. The monoisotopic (exact) mass is 638 g/mol. The Morgan fingerprint density at radius 3 is 1.98 bits per heavy atom. The van der Waals surface area contributed by atoms with Crippen LogP contribution in [0.25, 0.3) is 0 Å². The number of nitrogens with zero attached hydrogens (tertiary/aromatic N) is 4. The largest absolute Gasteiger partial charge is 0.445 e. The molecule has 2 aromatic carbocycles. The molecule has 1 aliphatic heterocycles. The van der Waals surface area contributed by atoms with E-state index in [2.05, 4.69) is 5.32 Å². The molecule has 2 aromatic rings. The van der Waals surface area contributed by atoms with Gasteiger partial charge in [0.1, 0.15) is 13.2 Å². The Hall–Kier alpha value is -5.04. The second-order valence-electron chi connectivity index (χ2n) is 9.66. The van der Waals surface area contributed by atoms with Gasteiger partial charge in [0.25, 0.3) is 21.5 Å². The SMILES string of the molecule is CS(=O)(=O)O[C@@H]1C[C@@H](CN(CCNC(N)=O)C(=O)OCc2ccc([N+](=O)[O-])cc2)N(C(=O)OCc2ccc([N+](=O)[O-])cc2)C1. The first-order chi connectivity index (χ1) is 20.7. The molecule has 3 rings (SSSR count). The maximum absolute atomic E-state index is 13.1. The normalized spacial score (nSPS) is 16.2. The number of urea groups is 1. The highest BCUT2D eigenvalue weighted by molar-refractivity contribution is 7.86. The molecule has 0 spiro atoms. The molecule has 44 heavy (non-hydrogen) atoms. The number of rotatable bonds is 13. The summed E-state index contributed by atoms with van der Waals surface area (Å²) >= 11 is 0. The fraction of sp³-hybridized carbons (Fsp3) is 0.400. The fourth-order valence-electron chi connectivity index (χ4n) is 4.30. The summed E-state index contributed by atoms with van der Waals surface area (Å²) in [6.07, 6.45) is -1.82. The second-order valence-corrected chi connectivity index (χ2v) is 11.3. The van der Waals surface area contributed by atoms with E-state index in [1.807, 2.05) is 0 Å². The molecule has 0 unspecified atom stereocenters. The van der Waals surface area contributed by atoms with Crippen molar-refractivity contribution in [3.8, 4) is 0 Å². The third-order valence-corrected chi connectivity index (χ3v) is 6.93. The van der Waals surface area contributed by atoms with Crippen molar-refractivity contribution in [2.24, 2.45) is 5.73 Å². The van der Waals surface area contributed by atoms with Gasteiger partial charge in [-0.05, 0) is 41.8 Å². The molecule has 0 radical (unpaired) electrons. The van der Waals surface area contributed by atoms with Crippen molar-refractivity contribution in [1.82, 2.24) is 15.1 Å². The summed E-state index contributed by atoms with van der Waals surface area (Å²) in [5.74, 6) is 0. The average Bonchev–Trinajstić information content (AvgIpc) is 3.34. The number of ether oxygens (including phenoxy) is 2. The van der Waals surface area contributed by atoms with Crippen molar-refractivity contribution in [2.45, 2.75) is 31.8 Å². The first-order valence-corrected chi connectivity index (χ1v) is 14.8. The number of benzene rings is 2. The van der Waals surface area contributed by atoms with E-state index in [4.69, 9.17) is 19.4 Å². The van der Waals surface area contributed by atoms with Crippen LogP contribution in [-0.2, 0) is 37.0 Å². The molecule has 0 aliphatic carbocycles. The molecular weight excluding hydrogens is 608 g/mol. The van der Waals surface area contributed by atoms with Gasteiger partial charge in [-0.3, -0.25) is 24.4 Å². The first kappa shape index (κ1) is 33.5. The third kappa shape index (κ3) is 10.3. The number of nitrogens with two attached hydrogens (primary N) is 1. The molecule has 2 atom stereocenters. The van der Waals surface area contributed by atoms with Gasteiger partial charge in [0, 0.05) is 43.9 Å². The van der Waals surface area contributed by atoms with Crippen molar-refractivity contribution >= 4 is 39.7 Å². The van der Waals surface area contributed by atoms with Crippen LogP contribution in [0.5, 0.6) is 0 Å². The number of amides is 4. The number of carbonyl (C=O) groups is 3. The maximum Gasteiger partial charge on any atom is 0.410 e. The van der Waals surface area contributed by atoms with E-state index in [-0.39, 0.29) is 57.2 Å². The van der Waals surface area contributed by atoms with Gasteiger partial charge in [-0.25, -0.2) is 14.4 Å². The van der Waals surface area contributed by atoms with Crippen LogP contribution in [0.1, 0.15) is 17.5 Å². The van der Waals surface area contributed by atoms with E-state index in [1.54, 1.807) is 0 Å². The van der Waals surface area contributed by atoms with Gasteiger partial charge in [-0.15, -0.1) is 0 Å². The Labute approximate surface area is 251 Å². The fourth-order valence-corrected chi connectivity index (χ4v) is 4.94. The summed E-state index contributed by atoms with van der Waals surface area (Å²) < 4.78 is 39.4. The molecular formula is C25H30N6O12S. The highest BCUT2D eigenvalue weighted by atomic mass is 32.2. The maximum atomic E-state index is 13.1. The van der Waals surface area contributed by atoms with Crippen LogP contribution in [0.15, 0.2) is 48.5 Å². The van der Waals surface area contributed by atoms with Gasteiger partial charge in [-0.1, -0.05) is 0 Å². The predicted octanol–water partition coefficient (Wildman–Crippen LogP) is 1.87. The number of likely N-dealkylation sites (tertiary alicyclic amines) is 1. The zero-order valence-electron chi connectivity index (χ0n) is 23.4.